The van der Waals surface area contributed by atoms with Gasteiger partial charge in [0.05, 0.1) is 5.52 Å². The first kappa shape index (κ1) is 15.1. The first-order chi connectivity index (χ1) is 12.2. The van der Waals surface area contributed by atoms with E-state index in [2.05, 4.69) is 20.6 Å². The largest absolute Gasteiger partial charge is 0.322 e. The Hall–Kier alpha value is -3.48. The number of nitrogens with zero attached hydrogens (tertiary/aromatic N) is 5. The van der Waals surface area contributed by atoms with Gasteiger partial charge < -0.3 is 9.88 Å². The summed E-state index contributed by atoms with van der Waals surface area (Å²) < 4.78 is 3.50. The Morgan fingerprint density at radius 1 is 1.16 bits per heavy atom. The lowest BCUT2D eigenvalue weighted by atomic mass is 10.2. The summed E-state index contributed by atoms with van der Waals surface area (Å²) in [6, 6.07) is 15.4. The molecular weight excluding hydrogens is 316 g/mol. The maximum atomic E-state index is 12.6. The van der Waals surface area contributed by atoms with E-state index >= 15 is 0 Å². The molecule has 7 nitrogen and oxygen atoms in total. The second-order valence-electron chi connectivity index (χ2n) is 5.74. The topological polar surface area (TPSA) is 77.6 Å². The van der Waals surface area contributed by atoms with Crippen LogP contribution >= 0.6 is 0 Å². The van der Waals surface area contributed by atoms with Gasteiger partial charge in [-0.1, -0.05) is 35.5 Å². The number of rotatable bonds is 4. The van der Waals surface area contributed by atoms with Crippen molar-refractivity contribution in [2.45, 2.75) is 6.54 Å². The molecule has 124 valence electrons. The smallest absolute Gasteiger partial charge is 0.291 e. The zero-order chi connectivity index (χ0) is 17.2. The molecule has 1 amide bonds. The van der Waals surface area contributed by atoms with Gasteiger partial charge >= 0.3 is 0 Å². The number of fused-ring (bicyclic) bond motifs is 1. The molecular formula is C18H16N6O. The highest BCUT2D eigenvalue weighted by molar-refractivity contribution is 6.02. The maximum Gasteiger partial charge on any atom is 0.291 e. The normalized spacial score (nSPS) is 10.9. The molecule has 0 spiro atoms. The molecule has 0 fully saturated rings. The van der Waals surface area contributed by atoms with E-state index in [9.17, 15) is 4.79 Å². The van der Waals surface area contributed by atoms with Crippen molar-refractivity contribution in [3.05, 3.63) is 72.3 Å². The number of amides is 1. The molecule has 1 N–H and O–H groups in total. The molecule has 2 heterocycles. The minimum absolute atomic E-state index is 0.254. The number of carbonyl (C=O) groups excluding carboxylic acids is 1. The molecule has 0 bridgehead atoms. The Bertz CT molecular complexity index is 1030. The van der Waals surface area contributed by atoms with Crippen LogP contribution in [-0.4, -0.2) is 30.5 Å². The van der Waals surface area contributed by atoms with Crippen molar-refractivity contribution in [3.63, 3.8) is 0 Å². The third kappa shape index (κ3) is 2.99. The predicted octanol–water partition coefficient (Wildman–Crippen LogP) is 2.47. The van der Waals surface area contributed by atoms with Gasteiger partial charge in [-0.2, -0.15) is 0 Å². The lowest BCUT2D eigenvalue weighted by Gasteiger charge is -2.09. The quantitative estimate of drug-likeness (QED) is 0.623. The van der Waals surface area contributed by atoms with Crippen molar-refractivity contribution < 1.29 is 4.79 Å². The van der Waals surface area contributed by atoms with Gasteiger partial charge in [-0.15, -0.1) is 5.10 Å². The molecule has 0 unspecified atom stereocenters. The number of aryl methyl sites for hydroxylation is 1. The first-order valence-corrected chi connectivity index (χ1v) is 7.86. The molecule has 2 aromatic heterocycles. The molecule has 4 aromatic rings. The van der Waals surface area contributed by atoms with Crippen LogP contribution in [0, 0.1) is 0 Å². The maximum absolute atomic E-state index is 12.6. The van der Waals surface area contributed by atoms with Crippen LogP contribution in [0.3, 0.4) is 0 Å². The molecule has 2 aromatic carbocycles. The first-order valence-electron chi connectivity index (χ1n) is 7.86. The fraction of sp³-hybridized carbons (Fsp3) is 0.111. The summed E-state index contributed by atoms with van der Waals surface area (Å²) in [6.07, 6.45) is 3.43. The van der Waals surface area contributed by atoms with Crippen molar-refractivity contribution >= 4 is 22.6 Å². The predicted molar refractivity (Wildman–Crippen MR) is 94.2 cm³/mol. The van der Waals surface area contributed by atoms with Gasteiger partial charge in [0.15, 0.2) is 5.82 Å². The van der Waals surface area contributed by atoms with E-state index in [1.807, 2.05) is 54.1 Å². The number of benzene rings is 2. The van der Waals surface area contributed by atoms with Gasteiger partial charge in [0.2, 0.25) is 0 Å². The number of anilines is 1. The highest BCUT2D eigenvalue weighted by Crippen LogP contribution is 2.17. The van der Waals surface area contributed by atoms with Crippen LogP contribution < -0.4 is 5.32 Å². The van der Waals surface area contributed by atoms with Crippen LogP contribution in [0.25, 0.3) is 11.0 Å². The van der Waals surface area contributed by atoms with Gasteiger partial charge in [-0.05, 0) is 23.8 Å². The lowest BCUT2D eigenvalue weighted by molar-refractivity contribution is 0.101. The zero-order valence-electron chi connectivity index (χ0n) is 13.6. The van der Waals surface area contributed by atoms with Crippen LogP contribution in [0.2, 0.25) is 0 Å². The van der Waals surface area contributed by atoms with Crippen molar-refractivity contribution in [1.29, 1.82) is 0 Å². The Kier molecular flexibility index (Phi) is 3.74. The van der Waals surface area contributed by atoms with Crippen molar-refractivity contribution in [2.75, 3.05) is 5.32 Å². The number of aromatic nitrogens is 5. The SMILES string of the molecule is Cn1nnc2ccc(NC(=O)c3nccn3Cc3ccccc3)cc21. The summed E-state index contributed by atoms with van der Waals surface area (Å²) >= 11 is 0. The summed E-state index contributed by atoms with van der Waals surface area (Å²) in [6.45, 7) is 0.592. The molecule has 0 saturated heterocycles. The van der Waals surface area contributed by atoms with Gasteiger partial charge in [-0.3, -0.25) is 4.79 Å². The van der Waals surface area contributed by atoms with Gasteiger partial charge in [0.25, 0.3) is 5.91 Å². The highest BCUT2D eigenvalue weighted by atomic mass is 16.2. The average molecular weight is 332 g/mol. The number of nitrogens with one attached hydrogen (secondary N) is 1. The van der Waals surface area contributed by atoms with Crippen LogP contribution in [0.5, 0.6) is 0 Å². The van der Waals surface area contributed by atoms with Crippen LogP contribution in [-0.2, 0) is 13.6 Å². The second-order valence-corrected chi connectivity index (χ2v) is 5.74. The highest BCUT2D eigenvalue weighted by Gasteiger charge is 2.14. The van der Waals surface area contributed by atoms with Crippen LogP contribution in [0.4, 0.5) is 5.69 Å². The molecule has 25 heavy (non-hydrogen) atoms. The molecule has 0 saturated carbocycles. The van der Waals surface area contributed by atoms with E-state index in [-0.39, 0.29) is 5.91 Å². The van der Waals surface area contributed by atoms with Crippen LogP contribution in [0.1, 0.15) is 16.2 Å². The van der Waals surface area contributed by atoms with E-state index in [0.29, 0.717) is 18.1 Å². The van der Waals surface area contributed by atoms with E-state index < -0.39 is 0 Å². The summed E-state index contributed by atoms with van der Waals surface area (Å²) in [5, 5.41) is 10.9. The molecule has 0 aliphatic carbocycles. The molecule has 0 atom stereocenters. The van der Waals surface area contributed by atoms with Gasteiger partial charge in [-0.25, -0.2) is 9.67 Å². The number of carbonyl (C=O) groups is 1. The lowest BCUT2D eigenvalue weighted by Crippen LogP contribution is -2.18. The van der Waals surface area contributed by atoms with E-state index in [1.165, 1.54) is 0 Å². The van der Waals surface area contributed by atoms with Crippen molar-refractivity contribution in [3.8, 4) is 0 Å². The fourth-order valence-electron chi connectivity index (χ4n) is 2.72. The standard InChI is InChI=1S/C18H16N6O/c1-23-16-11-14(7-8-15(16)21-22-23)20-18(25)17-19-9-10-24(17)12-13-5-3-2-4-6-13/h2-11H,12H2,1H3,(H,20,25). The molecule has 7 heteroatoms. The summed E-state index contributed by atoms with van der Waals surface area (Å²) in [4.78, 5) is 16.8. The third-order valence-corrected chi connectivity index (χ3v) is 3.98. The Morgan fingerprint density at radius 2 is 2.00 bits per heavy atom. The number of hydrogen-bond donors (Lipinski definition) is 1. The minimum Gasteiger partial charge on any atom is -0.322 e. The molecule has 0 aliphatic heterocycles. The number of imidazole rings is 1. The Morgan fingerprint density at radius 3 is 2.84 bits per heavy atom. The van der Waals surface area contributed by atoms with Crippen molar-refractivity contribution in [2.24, 2.45) is 7.05 Å². The summed E-state index contributed by atoms with van der Waals surface area (Å²) in [5.74, 6) is 0.113. The van der Waals surface area contributed by atoms with Gasteiger partial charge in [0.1, 0.15) is 5.52 Å². The number of hydrogen-bond acceptors (Lipinski definition) is 4. The zero-order valence-corrected chi connectivity index (χ0v) is 13.6. The fourth-order valence-corrected chi connectivity index (χ4v) is 2.72. The van der Waals surface area contributed by atoms with E-state index in [0.717, 1.165) is 16.6 Å². The minimum atomic E-state index is -0.254. The Labute approximate surface area is 143 Å². The Balaban J connectivity index is 1.56. The monoisotopic (exact) mass is 332 g/mol. The van der Waals surface area contributed by atoms with E-state index in [1.54, 1.807) is 23.1 Å². The summed E-state index contributed by atoms with van der Waals surface area (Å²) in [7, 11) is 1.81. The van der Waals surface area contributed by atoms with Crippen molar-refractivity contribution in [1.82, 2.24) is 24.5 Å². The van der Waals surface area contributed by atoms with Crippen LogP contribution in [0.15, 0.2) is 60.9 Å². The van der Waals surface area contributed by atoms with Gasteiger partial charge in [0, 0.05) is 31.7 Å². The molecule has 4 rings (SSSR count). The average Bonchev–Trinajstić information content (AvgIpc) is 3.23. The third-order valence-electron chi connectivity index (χ3n) is 3.98. The summed E-state index contributed by atoms with van der Waals surface area (Å²) in [5.41, 5.74) is 3.42. The van der Waals surface area contributed by atoms with E-state index in [4.69, 9.17) is 0 Å². The molecule has 0 radical (unpaired) electrons. The second kappa shape index (κ2) is 6.20. The molecule has 0 aliphatic rings.